The summed E-state index contributed by atoms with van der Waals surface area (Å²) >= 11 is 12.0. The van der Waals surface area contributed by atoms with E-state index in [1.807, 2.05) is 0 Å². The Morgan fingerprint density at radius 2 is 1.77 bits per heavy atom. The molecule has 0 radical (unpaired) electrons. The number of hydrogen-bond donors (Lipinski definition) is 2. The minimum atomic E-state index is -0.447. The van der Waals surface area contributed by atoms with Gasteiger partial charge in [0.2, 0.25) is 5.56 Å². The lowest BCUT2D eigenvalue weighted by molar-refractivity contribution is 0.102. The van der Waals surface area contributed by atoms with Gasteiger partial charge in [-0.3, -0.25) is 14.4 Å². The average Bonchev–Trinajstić information content (AvgIpc) is 2.72. The van der Waals surface area contributed by atoms with Gasteiger partial charge in [0.25, 0.3) is 11.5 Å². The smallest absolute Gasteiger partial charge is 0.256 e. The monoisotopic (exact) mass is 439 g/mol. The summed E-state index contributed by atoms with van der Waals surface area (Å²) in [7, 11) is 0. The molecule has 0 fully saturated rings. The van der Waals surface area contributed by atoms with E-state index in [4.69, 9.17) is 23.2 Å². The van der Waals surface area contributed by atoms with E-state index in [9.17, 15) is 14.4 Å². The summed E-state index contributed by atoms with van der Waals surface area (Å²) in [5, 5.41) is 4.20. The normalized spacial score (nSPS) is 10.9. The number of carbonyl (C=O) groups excluding carboxylic acids is 1. The minimum absolute atomic E-state index is 0.235. The quantitative estimate of drug-likeness (QED) is 0.497. The van der Waals surface area contributed by atoms with Gasteiger partial charge in [-0.15, -0.1) is 0 Å². The first-order valence-corrected chi connectivity index (χ1v) is 9.74. The number of nitrogens with one attached hydrogen (secondary N) is 2. The zero-order valence-corrected chi connectivity index (χ0v) is 17.0. The number of hydrogen-bond acceptors (Lipinski definition) is 3. The van der Waals surface area contributed by atoms with E-state index in [2.05, 4.69) is 10.3 Å². The first kappa shape index (κ1) is 19.9. The zero-order chi connectivity index (χ0) is 21.3. The number of fused-ring (bicyclic) bond motifs is 1. The highest BCUT2D eigenvalue weighted by Crippen LogP contribution is 2.23. The lowest BCUT2D eigenvalue weighted by Gasteiger charge is -2.11. The van der Waals surface area contributed by atoms with Crippen LogP contribution in [0.4, 0.5) is 5.69 Å². The maximum absolute atomic E-state index is 12.8. The molecule has 8 heteroatoms. The number of anilines is 1. The van der Waals surface area contributed by atoms with Crippen molar-refractivity contribution < 1.29 is 4.79 Å². The number of H-pyrrole nitrogens is 1. The largest absolute Gasteiger partial charge is 0.322 e. The summed E-state index contributed by atoms with van der Waals surface area (Å²) in [6.45, 7) is 0.257. The molecule has 4 aromatic rings. The Morgan fingerprint density at radius 3 is 2.57 bits per heavy atom. The maximum Gasteiger partial charge on any atom is 0.256 e. The van der Waals surface area contributed by atoms with Crippen LogP contribution in [0.3, 0.4) is 0 Å². The summed E-state index contributed by atoms with van der Waals surface area (Å²) in [6, 6.07) is 16.3. The Balaban J connectivity index is 1.64. The molecule has 0 unspecified atom stereocenters. The van der Waals surface area contributed by atoms with E-state index in [0.29, 0.717) is 26.6 Å². The summed E-state index contributed by atoms with van der Waals surface area (Å²) < 4.78 is 1.45. The van der Waals surface area contributed by atoms with E-state index in [1.165, 1.54) is 29.0 Å². The van der Waals surface area contributed by atoms with Crippen LogP contribution in [0.15, 0.2) is 76.4 Å². The number of carbonyl (C=O) groups is 1. The second kappa shape index (κ2) is 8.18. The molecule has 0 aliphatic heterocycles. The van der Waals surface area contributed by atoms with Crippen LogP contribution >= 0.6 is 23.2 Å². The maximum atomic E-state index is 12.8. The Hall–Kier alpha value is -3.35. The van der Waals surface area contributed by atoms with E-state index in [-0.39, 0.29) is 23.2 Å². The molecule has 0 aliphatic rings. The first-order chi connectivity index (χ1) is 14.4. The second-order valence-electron chi connectivity index (χ2n) is 6.68. The number of amides is 1. The van der Waals surface area contributed by atoms with Crippen molar-refractivity contribution in [2.45, 2.75) is 6.54 Å². The van der Waals surface area contributed by atoms with Gasteiger partial charge >= 0.3 is 0 Å². The van der Waals surface area contributed by atoms with Gasteiger partial charge in [-0.05, 0) is 29.8 Å². The predicted octanol–water partition coefficient (Wildman–Crippen LogP) is 4.30. The summed E-state index contributed by atoms with van der Waals surface area (Å²) in [5.74, 6) is -0.447. The number of aromatic amines is 1. The Labute approximate surface area is 180 Å². The fourth-order valence-electron chi connectivity index (χ4n) is 3.15. The van der Waals surface area contributed by atoms with Crippen molar-refractivity contribution in [3.05, 3.63) is 109 Å². The van der Waals surface area contributed by atoms with Crippen molar-refractivity contribution in [2.75, 3.05) is 5.32 Å². The average molecular weight is 440 g/mol. The van der Waals surface area contributed by atoms with Gasteiger partial charge < -0.3 is 14.9 Å². The van der Waals surface area contributed by atoms with Crippen molar-refractivity contribution in [3.63, 3.8) is 0 Å². The third-order valence-electron chi connectivity index (χ3n) is 4.57. The van der Waals surface area contributed by atoms with Gasteiger partial charge in [-0.1, -0.05) is 47.5 Å². The van der Waals surface area contributed by atoms with Crippen molar-refractivity contribution in [1.29, 1.82) is 0 Å². The van der Waals surface area contributed by atoms with Crippen LogP contribution in [-0.2, 0) is 6.54 Å². The molecule has 150 valence electrons. The van der Waals surface area contributed by atoms with Crippen LogP contribution in [0.2, 0.25) is 10.0 Å². The standard InChI is InChI=1S/C22H15Cl2N3O3/c23-17-7-5-13(9-18(17)24)11-27-12-14(6-8-21(27)29)25-22(30)16-10-20(28)26-19-4-2-1-3-15(16)19/h1-10,12H,11H2,(H,25,30)(H,26,28). The highest BCUT2D eigenvalue weighted by molar-refractivity contribution is 6.42. The minimum Gasteiger partial charge on any atom is -0.322 e. The van der Waals surface area contributed by atoms with Crippen molar-refractivity contribution in [2.24, 2.45) is 0 Å². The Kier molecular flexibility index (Phi) is 5.44. The second-order valence-corrected chi connectivity index (χ2v) is 7.49. The molecule has 0 saturated heterocycles. The van der Waals surface area contributed by atoms with Crippen molar-refractivity contribution in [1.82, 2.24) is 9.55 Å². The van der Waals surface area contributed by atoms with E-state index >= 15 is 0 Å². The van der Waals surface area contributed by atoms with Gasteiger partial charge in [0.15, 0.2) is 0 Å². The van der Waals surface area contributed by atoms with Gasteiger partial charge in [0, 0.05) is 29.2 Å². The fraction of sp³-hybridized carbons (Fsp3) is 0.0455. The summed E-state index contributed by atoms with van der Waals surface area (Å²) in [5.41, 5.74) is 1.42. The Morgan fingerprint density at radius 1 is 0.967 bits per heavy atom. The first-order valence-electron chi connectivity index (χ1n) is 8.98. The summed E-state index contributed by atoms with van der Waals surface area (Å²) in [4.78, 5) is 39.7. The van der Waals surface area contributed by atoms with Crippen LogP contribution in [0, 0.1) is 0 Å². The van der Waals surface area contributed by atoms with Crippen LogP contribution in [-0.4, -0.2) is 15.5 Å². The number of para-hydroxylation sites is 1. The predicted molar refractivity (Wildman–Crippen MR) is 119 cm³/mol. The highest BCUT2D eigenvalue weighted by Gasteiger charge is 2.13. The SMILES string of the molecule is O=C(Nc1ccc(=O)n(Cc2ccc(Cl)c(Cl)c2)c1)c1cc(=O)[nH]c2ccccc12. The number of rotatable bonds is 4. The molecule has 0 spiro atoms. The molecule has 2 aromatic carbocycles. The molecule has 0 atom stereocenters. The van der Waals surface area contributed by atoms with Crippen molar-refractivity contribution >= 4 is 45.7 Å². The van der Waals surface area contributed by atoms with Crippen LogP contribution in [0.5, 0.6) is 0 Å². The van der Waals surface area contributed by atoms with Crippen LogP contribution in [0.1, 0.15) is 15.9 Å². The van der Waals surface area contributed by atoms with Gasteiger partial charge in [-0.25, -0.2) is 0 Å². The van der Waals surface area contributed by atoms with E-state index in [1.54, 1.807) is 42.5 Å². The molecule has 1 amide bonds. The molecule has 0 saturated carbocycles. The number of nitrogens with zero attached hydrogens (tertiary/aromatic N) is 1. The molecular weight excluding hydrogens is 425 g/mol. The molecule has 0 bridgehead atoms. The Bertz CT molecular complexity index is 1390. The molecule has 6 nitrogen and oxygen atoms in total. The third-order valence-corrected chi connectivity index (χ3v) is 5.31. The highest BCUT2D eigenvalue weighted by atomic mass is 35.5. The zero-order valence-electron chi connectivity index (χ0n) is 15.5. The number of pyridine rings is 2. The molecule has 2 heterocycles. The fourth-order valence-corrected chi connectivity index (χ4v) is 3.48. The van der Waals surface area contributed by atoms with Gasteiger partial charge in [0.05, 0.1) is 27.8 Å². The van der Waals surface area contributed by atoms with Gasteiger partial charge in [0.1, 0.15) is 0 Å². The van der Waals surface area contributed by atoms with Crippen LogP contribution in [0.25, 0.3) is 10.9 Å². The number of aromatic nitrogens is 2. The van der Waals surface area contributed by atoms with E-state index < -0.39 is 5.91 Å². The van der Waals surface area contributed by atoms with Crippen LogP contribution < -0.4 is 16.4 Å². The summed E-state index contributed by atoms with van der Waals surface area (Å²) in [6.07, 6.45) is 1.54. The molecule has 30 heavy (non-hydrogen) atoms. The topological polar surface area (TPSA) is 84.0 Å². The number of benzene rings is 2. The number of halogens is 2. The molecular formula is C22H15Cl2N3O3. The molecule has 2 N–H and O–H groups in total. The molecule has 0 aliphatic carbocycles. The molecule has 2 aromatic heterocycles. The van der Waals surface area contributed by atoms with Crippen molar-refractivity contribution in [3.8, 4) is 0 Å². The molecule has 4 rings (SSSR count). The van der Waals surface area contributed by atoms with E-state index in [0.717, 1.165) is 5.56 Å². The van der Waals surface area contributed by atoms with Gasteiger partial charge in [-0.2, -0.15) is 0 Å². The lowest BCUT2D eigenvalue weighted by Crippen LogP contribution is -2.22. The lowest BCUT2D eigenvalue weighted by atomic mass is 10.1. The third kappa shape index (κ3) is 4.15.